The molecule has 6 nitrogen and oxygen atoms in total. The average molecular weight is 455 g/mol. The van der Waals surface area contributed by atoms with E-state index in [-0.39, 0.29) is 5.82 Å². The first-order valence-electron chi connectivity index (χ1n) is 10.2. The zero-order valence-corrected chi connectivity index (χ0v) is 18.5. The molecule has 0 bridgehead atoms. The molecule has 0 unspecified atom stereocenters. The topological polar surface area (TPSA) is 60.4 Å². The van der Waals surface area contributed by atoms with Crippen LogP contribution in [0.1, 0.15) is 12.5 Å². The first-order valence-corrected chi connectivity index (χ1v) is 11.1. The minimum atomic E-state index is -0.311. The van der Waals surface area contributed by atoms with Crippen LogP contribution in [0.25, 0.3) is 16.9 Å². The lowest BCUT2D eigenvalue weighted by Gasteiger charge is -2.08. The number of imidazole rings is 1. The lowest BCUT2D eigenvalue weighted by molar-refractivity contribution is 0.629. The second-order valence-electron chi connectivity index (χ2n) is 7.22. The van der Waals surface area contributed by atoms with Gasteiger partial charge in [-0.05, 0) is 48.9 Å². The van der Waals surface area contributed by atoms with E-state index >= 15 is 0 Å². The maximum Gasteiger partial charge on any atom is 0.211 e. The molecule has 2 aromatic carbocycles. The van der Waals surface area contributed by atoms with Gasteiger partial charge in [-0.25, -0.2) is 19.0 Å². The van der Waals surface area contributed by atoms with E-state index < -0.39 is 0 Å². The molecular weight excluding hydrogens is 435 g/mol. The Morgan fingerprint density at radius 1 is 0.970 bits per heavy atom. The summed E-state index contributed by atoms with van der Waals surface area (Å²) in [7, 11) is 0. The van der Waals surface area contributed by atoms with Crippen molar-refractivity contribution >= 4 is 22.7 Å². The van der Waals surface area contributed by atoms with Crippen molar-refractivity contribution in [3.05, 3.63) is 113 Å². The van der Waals surface area contributed by atoms with E-state index in [2.05, 4.69) is 9.97 Å². The molecule has 0 radical (unpaired) electrons. The summed E-state index contributed by atoms with van der Waals surface area (Å²) < 4.78 is 18.3. The van der Waals surface area contributed by atoms with E-state index in [1.807, 2.05) is 65.5 Å². The van der Waals surface area contributed by atoms with Crippen molar-refractivity contribution < 1.29 is 4.39 Å². The third-order valence-electron chi connectivity index (χ3n) is 5.04. The van der Waals surface area contributed by atoms with Crippen molar-refractivity contribution in [2.75, 3.05) is 0 Å². The van der Waals surface area contributed by atoms with Gasteiger partial charge in [-0.1, -0.05) is 24.3 Å². The van der Waals surface area contributed by atoms with E-state index in [0.29, 0.717) is 21.7 Å². The quantitative estimate of drug-likeness (QED) is 0.332. The van der Waals surface area contributed by atoms with Crippen molar-refractivity contribution in [3.63, 3.8) is 0 Å². The maximum atomic E-state index is 14.6. The minimum Gasteiger partial charge on any atom is -0.306 e. The number of pyridine rings is 1. The summed E-state index contributed by atoms with van der Waals surface area (Å²) in [6.45, 7) is 1.93. The van der Waals surface area contributed by atoms with Gasteiger partial charge in [0.2, 0.25) is 4.80 Å². The van der Waals surface area contributed by atoms with Gasteiger partial charge in [0.25, 0.3) is 0 Å². The van der Waals surface area contributed by atoms with Crippen molar-refractivity contribution in [2.45, 2.75) is 6.92 Å². The Balaban J connectivity index is 1.61. The van der Waals surface area contributed by atoms with E-state index in [0.717, 1.165) is 17.0 Å². The van der Waals surface area contributed by atoms with Crippen LogP contribution in [0.5, 0.6) is 0 Å². The average Bonchev–Trinajstić information content (AvgIpc) is 3.51. The highest BCUT2D eigenvalue weighted by Gasteiger charge is 2.13. The van der Waals surface area contributed by atoms with Gasteiger partial charge in [-0.15, -0.1) is 11.3 Å². The highest BCUT2D eigenvalue weighted by Crippen LogP contribution is 2.24. The number of thiazole rings is 1. The van der Waals surface area contributed by atoms with Gasteiger partial charge in [0.05, 0.1) is 29.6 Å². The number of hydrogen-bond donors (Lipinski definition) is 0. The molecule has 33 heavy (non-hydrogen) atoms. The second kappa shape index (κ2) is 9.13. The number of halogens is 1. The molecule has 0 atom stereocenters. The smallest absolute Gasteiger partial charge is 0.211 e. The summed E-state index contributed by atoms with van der Waals surface area (Å²) in [5.74, 6) is -0.311. The fourth-order valence-electron chi connectivity index (χ4n) is 3.35. The number of benzene rings is 2. The van der Waals surface area contributed by atoms with Crippen LogP contribution in [0, 0.1) is 5.82 Å². The summed E-state index contributed by atoms with van der Waals surface area (Å²) in [5.41, 5.74) is 4.53. The van der Waals surface area contributed by atoms with Crippen LogP contribution < -0.4 is 4.80 Å². The van der Waals surface area contributed by atoms with E-state index in [4.69, 9.17) is 10.1 Å². The van der Waals surface area contributed by atoms with Gasteiger partial charge in [-0.3, -0.25) is 4.98 Å². The van der Waals surface area contributed by atoms with Crippen molar-refractivity contribution in [3.8, 4) is 16.9 Å². The van der Waals surface area contributed by atoms with Crippen LogP contribution in [0.3, 0.4) is 0 Å². The van der Waals surface area contributed by atoms with Gasteiger partial charge in [0, 0.05) is 35.2 Å². The summed E-state index contributed by atoms with van der Waals surface area (Å²) >= 11 is 1.40. The SMILES string of the molecule is CC(=Nn1c(-c2ccccc2F)csc1=Nc1cccnc1)c1ccc(-n2ccnc2)cc1. The highest BCUT2D eigenvalue weighted by atomic mass is 32.1. The Morgan fingerprint density at radius 3 is 2.55 bits per heavy atom. The lowest BCUT2D eigenvalue weighted by atomic mass is 10.1. The molecule has 0 amide bonds. The second-order valence-corrected chi connectivity index (χ2v) is 8.06. The highest BCUT2D eigenvalue weighted by molar-refractivity contribution is 7.07. The molecule has 0 aliphatic heterocycles. The molecule has 8 heteroatoms. The van der Waals surface area contributed by atoms with Crippen molar-refractivity contribution in [1.29, 1.82) is 0 Å². The molecule has 0 N–H and O–H groups in total. The molecule has 5 rings (SSSR count). The maximum absolute atomic E-state index is 14.6. The minimum absolute atomic E-state index is 0.311. The van der Waals surface area contributed by atoms with Gasteiger partial charge >= 0.3 is 0 Å². The van der Waals surface area contributed by atoms with Gasteiger partial charge in [0.1, 0.15) is 5.82 Å². The summed E-state index contributed by atoms with van der Waals surface area (Å²) in [6, 6.07) is 18.4. The third-order valence-corrected chi connectivity index (χ3v) is 5.86. The molecule has 0 saturated heterocycles. The van der Waals surface area contributed by atoms with E-state index in [1.165, 1.54) is 17.4 Å². The van der Waals surface area contributed by atoms with Crippen LogP contribution in [-0.4, -0.2) is 24.9 Å². The predicted molar refractivity (Wildman–Crippen MR) is 128 cm³/mol. The molecule has 3 aromatic heterocycles. The van der Waals surface area contributed by atoms with Crippen LogP contribution in [0.4, 0.5) is 10.1 Å². The van der Waals surface area contributed by atoms with Crippen molar-refractivity contribution in [2.24, 2.45) is 10.1 Å². The zero-order valence-electron chi connectivity index (χ0n) is 17.7. The molecular formula is C25H19FN6S. The normalized spacial score (nSPS) is 12.3. The monoisotopic (exact) mass is 454 g/mol. The van der Waals surface area contributed by atoms with E-state index in [9.17, 15) is 4.39 Å². The summed E-state index contributed by atoms with van der Waals surface area (Å²) in [5, 5.41) is 6.71. The Kier molecular flexibility index (Phi) is 5.73. The molecule has 0 aliphatic rings. The summed E-state index contributed by atoms with van der Waals surface area (Å²) in [4.78, 5) is 13.5. The van der Waals surface area contributed by atoms with Crippen LogP contribution in [0.2, 0.25) is 0 Å². The Labute approximate surface area is 193 Å². The number of rotatable bonds is 5. The lowest BCUT2D eigenvalue weighted by Crippen LogP contribution is -2.14. The first-order chi connectivity index (χ1) is 16.2. The summed E-state index contributed by atoms with van der Waals surface area (Å²) in [6.07, 6.45) is 8.76. The Bertz CT molecular complexity index is 1470. The van der Waals surface area contributed by atoms with E-state index in [1.54, 1.807) is 41.7 Å². The zero-order chi connectivity index (χ0) is 22.6. The fraction of sp³-hybridized carbons (Fsp3) is 0.0400. The molecule has 0 spiro atoms. The molecule has 5 aromatic rings. The number of nitrogens with zero attached hydrogens (tertiary/aromatic N) is 6. The Morgan fingerprint density at radius 2 is 1.82 bits per heavy atom. The van der Waals surface area contributed by atoms with Gasteiger partial charge in [-0.2, -0.15) is 5.10 Å². The molecule has 162 valence electrons. The number of hydrogen-bond acceptors (Lipinski definition) is 5. The largest absolute Gasteiger partial charge is 0.306 e. The van der Waals surface area contributed by atoms with Crippen LogP contribution >= 0.6 is 11.3 Å². The number of aromatic nitrogens is 4. The van der Waals surface area contributed by atoms with Crippen molar-refractivity contribution in [1.82, 2.24) is 19.2 Å². The Hall–Kier alpha value is -4.17. The molecule has 0 saturated carbocycles. The van der Waals surface area contributed by atoms with Crippen LogP contribution in [0.15, 0.2) is 107 Å². The first kappa shape index (κ1) is 20.7. The predicted octanol–water partition coefficient (Wildman–Crippen LogP) is 5.44. The van der Waals surface area contributed by atoms with Crippen LogP contribution in [-0.2, 0) is 0 Å². The standard InChI is InChI=1S/C25H19FN6S/c1-18(19-8-10-21(11-9-19)31-14-13-28-17-31)30-32-24(22-6-2-3-7-23(22)26)16-33-25(32)29-20-5-4-12-27-15-20/h2-17H,1H3. The molecule has 0 fully saturated rings. The third kappa shape index (κ3) is 4.42. The van der Waals surface area contributed by atoms with Gasteiger partial charge < -0.3 is 4.57 Å². The molecule has 0 aliphatic carbocycles. The van der Waals surface area contributed by atoms with Gasteiger partial charge in [0.15, 0.2) is 0 Å². The fourth-order valence-corrected chi connectivity index (χ4v) is 4.19. The molecule has 3 heterocycles.